The Balaban J connectivity index is 0.00000176. The van der Waals surface area contributed by atoms with Crippen molar-refractivity contribution in [3.63, 3.8) is 0 Å². The minimum atomic E-state index is -1.39. The van der Waals surface area contributed by atoms with Crippen LogP contribution in [-0.4, -0.2) is 5.97 Å². The van der Waals surface area contributed by atoms with E-state index >= 15 is 4.39 Å². The zero-order chi connectivity index (χ0) is 25.9. The molecule has 0 unspecified atom stereocenters. The molecule has 0 aliphatic rings. The first-order chi connectivity index (χ1) is 17.5. The lowest BCUT2D eigenvalue weighted by Gasteiger charge is -2.17. The minimum Gasteiger partial charge on any atom is -0.486 e. The third kappa shape index (κ3) is 6.66. The van der Waals surface area contributed by atoms with Gasteiger partial charge in [0.1, 0.15) is 19.0 Å². The molecule has 0 saturated carbocycles. The number of halogens is 3. The first-order valence-corrected chi connectivity index (χ1v) is 11.4. The maximum Gasteiger partial charge on any atom is 0.340 e. The van der Waals surface area contributed by atoms with Crippen LogP contribution >= 0.6 is 0 Å². The van der Waals surface area contributed by atoms with Crippen molar-refractivity contribution in [1.29, 1.82) is 0 Å². The van der Waals surface area contributed by atoms with E-state index in [1.165, 1.54) is 18.2 Å². The molecule has 36 heavy (non-hydrogen) atoms. The summed E-state index contributed by atoms with van der Waals surface area (Å²) in [7, 11) is 0. The van der Waals surface area contributed by atoms with Crippen LogP contribution in [-0.2, 0) is 18.0 Å². The summed E-state index contributed by atoms with van der Waals surface area (Å²) in [5, 5.41) is 2.48. The van der Waals surface area contributed by atoms with Crippen LogP contribution in [0.15, 0.2) is 91.0 Å². The largest absolute Gasteiger partial charge is 0.486 e. The summed E-state index contributed by atoms with van der Waals surface area (Å²) >= 11 is 0. The van der Waals surface area contributed by atoms with Gasteiger partial charge in [0.05, 0.1) is 16.9 Å². The molecule has 0 aliphatic heterocycles. The molecule has 0 saturated heterocycles. The van der Waals surface area contributed by atoms with Gasteiger partial charge in [0, 0.05) is 6.07 Å². The van der Waals surface area contributed by atoms with Crippen molar-refractivity contribution in [2.24, 2.45) is 0 Å². The number of carbonyl (C=O) groups is 1. The van der Waals surface area contributed by atoms with E-state index in [1.54, 1.807) is 48.5 Å². The first-order valence-electron chi connectivity index (χ1n) is 11.4. The molecule has 0 heterocycles. The number of nitrogens with one attached hydrogen (secondary N) is 1. The maximum atomic E-state index is 15.1. The zero-order valence-corrected chi connectivity index (χ0v) is 19.9. The SMILES string of the molecule is CC.O=C(OCc1ccccc1)c1cc(OCc2ccccc2)c(F)c(F)c1Nc1ccccc1F. The maximum absolute atomic E-state index is 15.1. The molecule has 0 bridgehead atoms. The summed E-state index contributed by atoms with van der Waals surface area (Å²) < 4.78 is 55.0. The van der Waals surface area contributed by atoms with E-state index in [0.29, 0.717) is 5.56 Å². The van der Waals surface area contributed by atoms with Gasteiger partial charge >= 0.3 is 5.97 Å². The molecule has 186 valence electrons. The van der Waals surface area contributed by atoms with Gasteiger partial charge in [-0.2, -0.15) is 4.39 Å². The smallest absolute Gasteiger partial charge is 0.340 e. The number of carbonyl (C=O) groups excluding carboxylic acids is 1. The summed E-state index contributed by atoms with van der Waals surface area (Å²) in [4.78, 5) is 12.9. The predicted molar refractivity (Wildman–Crippen MR) is 134 cm³/mol. The highest BCUT2D eigenvalue weighted by Crippen LogP contribution is 2.34. The third-order valence-corrected chi connectivity index (χ3v) is 4.98. The van der Waals surface area contributed by atoms with Gasteiger partial charge in [-0.15, -0.1) is 0 Å². The Morgan fingerprint density at radius 1 is 0.750 bits per heavy atom. The van der Waals surface area contributed by atoms with Crippen LogP contribution in [0.25, 0.3) is 0 Å². The fraction of sp³-hybridized carbons (Fsp3) is 0.138. The van der Waals surface area contributed by atoms with Crippen LogP contribution in [0, 0.1) is 17.5 Å². The zero-order valence-electron chi connectivity index (χ0n) is 19.9. The van der Waals surface area contributed by atoms with E-state index in [1.807, 2.05) is 26.0 Å². The van der Waals surface area contributed by atoms with Gasteiger partial charge in [-0.25, -0.2) is 13.6 Å². The van der Waals surface area contributed by atoms with E-state index < -0.39 is 34.9 Å². The van der Waals surface area contributed by atoms with Gasteiger partial charge < -0.3 is 14.8 Å². The summed E-state index contributed by atoms with van der Waals surface area (Å²) in [6.07, 6.45) is 0. The fourth-order valence-corrected chi connectivity index (χ4v) is 3.22. The van der Waals surface area contributed by atoms with Crippen LogP contribution in [0.1, 0.15) is 35.3 Å². The van der Waals surface area contributed by atoms with Crippen molar-refractivity contribution in [3.05, 3.63) is 125 Å². The Morgan fingerprint density at radius 2 is 1.31 bits per heavy atom. The number of rotatable bonds is 8. The second kappa shape index (κ2) is 13.0. The highest BCUT2D eigenvalue weighted by Gasteiger charge is 2.25. The Labute approximate surface area is 208 Å². The number of benzene rings is 4. The molecular weight excluding hydrogens is 467 g/mol. The average Bonchev–Trinajstić information content (AvgIpc) is 2.93. The number of ether oxygens (including phenoxy) is 2. The monoisotopic (exact) mass is 493 g/mol. The molecular formula is C29H26F3NO3. The number of hydrogen-bond donors (Lipinski definition) is 1. The molecule has 0 atom stereocenters. The molecule has 0 spiro atoms. The van der Waals surface area contributed by atoms with Crippen LogP contribution in [0.4, 0.5) is 24.5 Å². The molecule has 0 aromatic heterocycles. The second-order valence-corrected chi connectivity index (χ2v) is 7.37. The Morgan fingerprint density at radius 3 is 1.92 bits per heavy atom. The average molecular weight is 494 g/mol. The summed E-state index contributed by atoms with van der Waals surface area (Å²) in [5.41, 5.74) is 0.427. The second-order valence-electron chi connectivity index (χ2n) is 7.37. The van der Waals surface area contributed by atoms with Gasteiger partial charge in [0.15, 0.2) is 11.6 Å². The van der Waals surface area contributed by atoms with Crippen LogP contribution in [0.5, 0.6) is 5.75 Å². The van der Waals surface area contributed by atoms with Crippen molar-refractivity contribution >= 4 is 17.3 Å². The van der Waals surface area contributed by atoms with Crippen LogP contribution in [0.3, 0.4) is 0 Å². The van der Waals surface area contributed by atoms with E-state index in [0.717, 1.165) is 17.7 Å². The van der Waals surface area contributed by atoms with E-state index in [9.17, 15) is 13.6 Å². The van der Waals surface area contributed by atoms with Crippen molar-refractivity contribution < 1.29 is 27.4 Å². The highest BCUT2D eigenvalue weighted by molar-refractivity contribution is 5.97. The topological polar surface area (TPSA) is 47.6 Å². The van der Waals surface area contributed by atoms with Crippen molar-refractivity contribution in [3.8, 4) is 5.75 Å². The molecule has 4 aromatic rings. The van der Waals surface area contributed by atoms with Crippen molar-refractivity contribution in [1.82, 2.24) is 0 Å². The van der Waals surface area contributed by atoms with Gasteiger partial charge in [0.25, 0.3) is 0 Å². The lowest BCUT2D eigenvalue weighted by molar-refractivity contribution is 0.0472. The molecule has 0 amide bonds. The quantitative estimate of drug-likeness (QED) is 0.254. The number of para-hydroxylation sites is 1. The fourth-order valence-electron chi connectivity index (χ4n) is 3.22. The molecule has 4 rings (SSSR count). The lowest BCUT2D eigenvalue weighted by Crippen LogP contribution is -2.12. The molecule has 0 aliphatic carbocycles. The highest BCUT2D eigenvalue weighted by atomic mass is 19.2. The lowest BCUT2D eigenvalue weighted by atomic mass is 10.1. The van der Waals surface area contributed by atoms with E-state index in [4.69, 9.17) is 9.47 Å². The van der Waals surface area contributed by atoms with Crippen molar-refractivity contribution in [2.45, 2.75) is 27.1 Å². The van der Waals surface area contributed by atoms with Crippen LogP contribution < -0.4 is 10.1 Å². The Bertz CT molecular complexity index is 1280. The molecule has 1 N–H and O–H groups in total. The molecule has 7 heteroatoms. The van der Waals surface area contributed by atoms with Crippen molar-refractivity contribution in [2.75, 3.05) is 5.32 Å². The van der Waals surface area contributed by atoms with Gasteiger partial charge in [-0.05, 0) is 23.3 Å². The first kappa shape index (κ1) is 26.3. The summed E-state index contributed by atoms with van der Waals surface area (Å²) in [5.74, 6) is -4.79. The van der Waals surface area contributed by atoms with E-state index in [-0.39, 0.29) is 24.5 Å². The third-order valence-electron chi connectivity index (χ3n) is 4.98. The minimum absolute atomic E-state index is 0.0458. The molecule has 4 aromatic carbocycles. The summed E-state index contributed by atoms with van der Waals surface area (Å²) in [6.45, 7) is 3.87. The number of hydrogen-bond acceptors (Lipinski definition) is 4. The van der Waals surface area contributed by atoms with Gasteiger partial charge in [0.2, 0.25) is 5.82 Å². The molecule has 4 nitrogen and oxygen atoms in total. The molecule has 0 radical (unpaired) electrons. The standard InChI is InChI=1S/C27H20F3NO3.C2H6/c28-21-13-7-8-14-22(21)31-26-20(27(32)34-17-19-11-5-2-6-12-19)15-23(24(29)25(26)30)33-16-18-9-3-1-4-10-18;1-2/h1-15,31H,16-17H2;1-2H3. The van der Waals surface area contributed by atoms with Crippen LogP contribution in [0.2, 0.25) is 0 Å². The number of esters is 1. The van der Waals surface area contributed by atoms with Gasteiger partial charge in [-0.3, -0.25) is 0 Å². The molecule has 0 fully saturated rings. The predicted octanol–water partition coefficient (Wildman–Crippen LogP) is 7.81. The van der Waals surface area contributed by atoms with Gasteiger partial charge in [-0.1, -0.05) is 86.6 Å². The number of anilines is 2. The normalized spacial score (nSPS) is 10.1. The summed E-state index contributed by atoms with van der Waals surface area (Å²) in [6, 6.07) is 24.3. The Hall–Kier alpha value is -4.26. The Kier molecular flexibility index (Phi) is 9.51. The van der Waals surface area contributed by atoms with E-state index in [2.05, 4.69) is 5.32 Å².